The summed E-state index contributed by atoms with van der Waals surface area (Å²) in [6, 6.07) is 0. The second kappa shape index (κ2) is 17.7. The number of carboxylic acid groups (broad SMARTS) is 1. The Kier molecular flexibility index (Phi) is 16.5. The third-order valence-corrected chi connectivity index (χ3v) is 3.42. The van der Waals surface area contributed by atoms with Gasteiger partial charge in [0, 0.05) is 6.42 Å². The van der Waals surface area contributed by atoms with Crippen LogP contribution in [0.2, 0.25) is 0 Å². The summed E-state index contributed by atoms with van der Waals surface area (Å²) in [7, 11) is 0. The monoisotopic (exact) mass is 336 g/mol. The normalized spacial score (nSPS) is 13.8. The average molecular weight is 336 g/mol. The molecule has 0 radical (unpaired) electrons. The topological polar surface area (TPSA) is 66.8 Å². The van der Waals surface area contributed by atoms with Gasteiger partial charge in [-0.25, -0.2) is 4.89 Å². The van der Waals surface area contributed by atoms with Crippen molar-refractivity contribution in [1.82, 2.24) is 0 Å². The maximum Gasteiger partial charge on any atom is 0.303 e. The Morgan fingerprint density at radius 2 is 1.75 bits per heavy atom. The molecule has 4 heteroatoms. The molecule has 0 aliphatic heterocycles. The van der Waals surface area contributed by atoms with Gasteiger partial charge in [-0.05, 0) is 38.5 Å². The standard InChI is InChI=1S/C20H32O4/c1-2-3-4-5-7-10-13-16-19(24-23)17-14-11-8-6-9-12-15-18-20(21)22/h6-7,9-11,13-14,16,19,23H,2-5,8,12,15,17-18H2,1H3,(H,21,22)/b9-6+,10-7-,14-11-,16-13-/t19-/m0/s1. The molecule has 0 aromatic carbocycles. The minimum absolute atomic E-state index is 0.217. The van der Waals surface area contributed by atoms with Gasteiger partial charge in [0.15, 0.2) is 0 Å². The van der Waals surface area contributed by atoms with Crippen LogP contribution in [0.5, 0.6) is 0 Å². The fourth-order valence-electron chi connectivity index (χ4n) is 2.02. The molecule has 1 atom stereocenters. The SMILES string of the molecule is CCCCC/C=C\C=C/[C@@H](C/C=C\C/C=C/CCCC(=O)O)OO. The van der Waals surface area contributed by atoms with Crippen LogP contribution in [-0.2, 0) is 9.68 Å². The molecule has 24 heavy (non-hydrogen) atoms. The molecule has 0 fully saturated rings. The number of unbranched alkanes of at least 4 members (excludes halogenated alkanes) is 4. The van der Waals surface area contributed by atoms with E-state index >= 15 is 0 Å². The van der Waals surface area contributed by atoms with E-state index in [1.54, 1.807) is 0 Å². The summed E-state index contributed by atoms with van der Waals surface area (Å²) in [4.78, 5) is 14.8. The van der Waals surface area contributed by atoms with Gasteiger partial charge in [-0.1, -0.05) is 68.4 Å². The quantitative estimate of drug-likeness (QED) is 0.133. The molecule has 0 aliphatic carbocycles. The van der Waals surface area contributed by atoms with Crippen molar-refractivity contribution in [2.45, 2.75) is 70.8 Å². The van der Waals surface area contributed by atoms with Gasteiger partial charge in [0.05, 0.1) is 0 Å². The molecule has 0 aliphatic rings. The summed E-state index contributed by atoms with van der Waals surface area (Å²) in [5.41, 5.74) is 0. The van der Waals surface area contributed by atoms with E-state index in [0.717, 1.165) is 19.3 Å². The zero-order valence-corrected chi connectivity index (χ0v) is 14.8. The Morgan fingerprint density at radius 1 is 1.00 bits per heavy atom. The lowest BCUT2D eigenvalue weighted by atomic mass is 10.2. The zero-order chi connectivity index (χ0) is 17.9. The first-order valence-electron chi connectivity index (χ1n) is 8.86. The summed E-state index contributed by atoms with van der Waals surface area (Å²) in [6.45, 7) is 2.19. The summed E-state index contributed by atoms with van der Waals surface area (Å²) in [5.74, 6) is -0.748. The van der Waals surface area contributed by atoms with Crippen LogP contribution in [0, 0.1) is 0 Å². The van der Waals surface area contributed by atoms with Gasteiger partial charge < -0.3 is 5.11 Å². The van der Waals surface area contributed by atoms with Crippen molar-refractivity contribution in [3.05, 3.63) is 48.6 Å². The number of carboxylic acids is 1. The number of hydrogen-bond donors (Lipinski definition) is 2. The van der Waals surface area contributed by atoms with Gasteiger partial charge in [-0.2, -0.15) is 0 Å². The molecular formula is C20H32O4. The van der Waals surface area contributed by atoms with Crippen LogP contribution in [0.3, 0.4) is 0 Å². The molecule has 136 valence electrons. The molecule has 0 aromatic rings. The highest BCUT2D eigenvalue weighted by atomic mass is 17.1. The first kappa shape index (κ1) is 22.4. The fourth-order valence-corrected chi connectivity index (χ4v) is 2.02. The Morgan fingerprint density at radius 3 is 2.46 bits per heavy atom. The van der Waals surface area contributed by atoms with Crippen molar-refractivity contribution >= 4 is 5.97 Å². The average Bonchev–Trinajstić information content (AvgIpc) is 2.57. The van der Waals surface area contributed by atoms with Gasteiger partial charge in [0.25, 0.3) is 0 Å². The van der Waals surface area contributed by atoms with Gasteiger partial charge in [0.2, 0.25) is 0 Å². The van der Waals surface area contributed by atoms with Crippen LogP contribution >= 0.6 is 0 Å². The molecule has 0 saturated carbocycles. The molecule has 0 bridgehead atoms. The fraction of sp³-hybridized carbons (Fsp3) is 0.550. The predicted octanol–water partition coefficient (Wildman–Crippen LogP) is 5.68. The largest absolute Gasteiger partial charge is 0.481 e. The van der Waals surface area contributed by atoms with E-state index in [1.807, 2.05) is 42.5 Å². The molecule has 0 spiro atoms. The summed E-state index contributed by atoms with van der Waals surface area (Å²) < 4.78 is 0. The molecule has 0 saturated heterocycles. The Balaban J connectivity index is 3.79. The molecule has 4 nitrogen and oxygen atoms in total. The van der Waals surface area contributed by atoms with Crippen LogP contribution in [0.15, 0.2) is 48.6 Å². The zero-order valence-electron chi connectivity index (χ0n) is 14.8. The minimum Gasteiger partial charge on any atom is -0.481 e. The minimum atomic E-state index is -0.748. The van der Waals surface area contributed by atoms with Crippen LogP contribution in [0.4, 0.5) is 0 Å². The maximum absolute atomic E-state index is 10.3. The molecule has 0 unspecified atom stereocenters. The summed E-state index contributed by atoms with van der Waals surface area (Å²) >= 11 is 0. The highest BCUT2D eigenvalue weighted by molar-refractivity contribution is 5.66. The van der Waals surface area contributed by atoms with E-state index in [-0.39, 0.29) is 12.5 Å². The third kappa shape index (κ3) is 16.7. The van der Waals surface area contributed by atoms with E-state index in [4.69, 9.17) is 10.4 Å². The van der Waals surface area contributed by atoms with E-state index < -0.39 is 5.97 Å². The van der Waals surface area contributed by atoms with Crippen molar-refractivity contribution < 1.29 is 20.0 Å². The maximum atomic E-state index is 10.3. The Hall–Kier alpha value is -1.65. The molecular weight excluding hydrogens is 304 g/mol. The van der Waals surface area contributed by atoms with Gasteiger partial charge in [0.1, 0.15) is 6.10 Å². The van der Waals surface area contributed by atoms with E-state index in [1.165, 1.54) is 19.3 Å². The van der Waals surface area contributed by atoms with Crippen molar-refractivity contribution in [3.63, 3.8) is 0 Å². The molecule has 2 N–H and O–H groups in total. The molecule has 0 heterocycles. The van der Waals surface area contributed by atoms with Gasteiger partial charge >= 0.3 is 5.97 Å². The molecule has 0 rings (SSSR count). The van der Waals surface area contributed by atoms with Crippen molar-refractivity contribution in [3.8, 4) is 0 Å². The van der Waals surface area contributed by atoms with Crippen LogP contribution < -0.4 is 0 Å². The van der Waals surface area contributed by atoms with Gasteiger partial charge in [-0.3, -0.25) is 10.1 Å². The van der Waals surface area contributed by atoms with Crippen LogP contribution in [-0.4, -0.2) is 22.4 Å². The lowest BCUT2D eigenvalue weighted by Gasteiger charge is -2.03. The van der Waals surface area contributed by atoms with Gasteiger partial charge in [-0.15, -0.1) is 0 Å². The number of allylic oxidation sites excluding steroid dienone is 6. The number of carbonyl (C=O) groups is 1. The number of hydrogen-bond acceptors (Lipinski definition) is 3. The second-order valence-electron chi connectivity index (χ2n) is 5.65. The van der Waals surface area contributed by atoms with E-state index in [2.05, 4.69) is 17.9 Å². The van der Waals surface area contributed by atoms with Crippen molar-refractivity contribution in [1.29, 1.82) is 0 Å². The second-order valence-corrected chi connectivity index (χ2v) is 5.65. The highest BCUT2D eigenvalue weighted by Gasteiger charge is 1.99. The highest BCUT2D eigenvalue weighted by Crippen LogP contribution is 2.04. The Labute approximate surface area is 146 Å². The molecule has 0 aromatic heterocycles. The first-order chi connectivity index (χ1) is 11.7. The van der Waals surface area contributed by atoms with Crippen LogP contribution in [0.1, 0.15) is 64.7 Å². The smallest absolute Gasteiger partial charge is 0.303 e. The van der Waals surface area contributed by atoms with E-state index in [0.29, 0.717) is 12.8 Å². The van der Waals surface area contributed by atoms with Crippen LogP contribution in [0.25, 0.3) is 0 Å². The number of aliphatic carboxylic acids is 1. The van der Waals surface area contributed by atoms with E-state index in [9.17, 15) is 4.79 Å². The van der Waals surface area contributed by atoms with Crippen molar-refractivity contribution in [2.24, 2.45) is 0 Å². The molecule has 0 amide bonds. The summed E-state index contributed by atoms with van der Waals surface area (Å²) in [5, 5.41) is 17.4. The third-order valence-electron chi connectivity index (χ3n) is 3.42. The lowest BCUT2D eigenvalue weighted by molar-refractivity contribution is -0.264. The number of rotatable bonds is 15. The first-order valence-corrected chi connectivity index (χ1v) is 8.86. The predicted molar refractivity (Wildman–Crippen MR) is 98.9 cm³/mol. The summed E-state index contributed by atoms with van der Waals surface area (Å²) in [6.07, 6.45) is 23.4. The Bertz CT molecular complexity index is 408. The van der Waals surface area contributed by atoms with Crippen molar-refractivity contribution in [2.75, 3.05) is 0 Å². The lowest BCUT2D eigenvalue weighted by Crippen LogP contribution is -2.04.